The normalized spacial score (nSPS) is 11.1. The topological polar surface area (TPSA) is 75.6 Å². The van der Waals surface area contributed by atoms with Crippen LogP contribution in [0.5, 0.6) is 5.75 Å². The lowest BCUT2D eigenvalue weighted by molar-refractivity contribution is -0.152. The highest BCUT2D eigenvalue weighted by Gasteiger charge is 2.29. The van der Waals surface area contributed by atoms with Gasteiger partial charge in [-0.15, -0.1) is 0 Å². The molecule has 0 radical (unpaired) electrons. The van der Waals surface area contributed by atoms with Gasteiger partial charge in [0.05, 0.1) is 0 Å². The van der Waals surface area contributed by atoms with Crippen LogP contribution in [0.2, 0.25) is 0 Å². The van der Waals surface area contributed by atoms with Gasteiger partial charge in [-0.25, -0.2) is 4.79 Å². The minimum absolute atomic E-state index is 0.0634. The van der Waals surface area contributed by atoms with Gasteiger partial charge in [-0.3, -0.25) is 4.79 Å². The zero-order chi connectivity index (χ0) is 17.3. The number of hydrogen-bond donors (Lipinski definition) is 2. The van der Waals surface area contributed by atoms with Crippen LogP contribution in [0.4, 0.5) is 0 Å². The summed E-state index contributed by atoms with van der Waals surface area (Å²) in [5.41, 5.74) is -0.242. The molecular weight excluding hydrogens is 294 g/mol. The number of carboxylic acid groups (broad SMARTS) is 1. The highest BCUT2D eigenvalue weighted by atomic mass is 16.5. The number of carbonyl (C=O) groups is 2. The average molecular weight is 321 g/mol. The Morgan fingerprint density at radius 2 is 1.83 bits per heavy atom. The minimum Gasteiger partial charge on any atom is -0.478 e. The molecule has 5 nitrogen and oxygen atoms in total. The molecule has 0 aromatic heterocycles. The van der Waals surface area contributed by atoms with Gasteiger partial charge in [0.15, 0.2) is 5.60 Å². The van der Waals surface area contributed by atoms with E-state index in [2.05, 4.69) is 12.2 Å². The standard InChI is InChI=1S/C18H27NO4/c1-4-5-6-13-19-16(20)12-9-14-7-10-15(11-8-14)23-18(2,3)17(21)22/h7-8,10-11H,4-6,9,12-13H2,1-3H3,(H,19,20)(H,21,22). The lowest BCUT2D eigenvalue weighted by Crippen LogP contribution is -2.37. The average Bonchev–Trinajstić information content (AvgIpc) is 2.50. The molecule has 0 saturated carbocycles. The molecule has 0 saturated heterocycles. The number of aliphatic carboxylic acids is 1. The second-order valence-electron chi connectivity index (χ2n) is 6.12. The number of ether oxygens (including phenoxy) is 1. The Morgan fingerprint density at radius 3 is 2.39 bits per heavy atom. The molecule has 1 aromatic rings. The van der Waals surface area contributed by atoms with Crippen LogP contribution < -0.4 is 10.1 Å². The molecule has 0 spiro atoms. The predicted molar refractivity (Wildman–Crippen MR) is 89.6 cm³/mol. The molecule has 0 atom stereocenters. The molecule has 0 heterocycles. The lowest BCUT2D eigenvalue weighted by atomic mass is 10.1. The van der Waals surface area contributed by atoms with Crippen molar-refractivity contribution in [2.24, 2.45) is 0 Å². The van der Waals surface area contributed by atoms with E-state index in [9.17, 15) is 9.59 Å². The lowest BCUT2D eigenvalue weighted by Gasteiger charge is -2.21. The summed E-state index contributed by atoms with van der Waals surface area (Å²) in [5, 5.41) is 12.0. The minimum atomic E-state index is -1.26. The molecule has 0 unspecified atom stereocenters. The fourth-order valence-electron chi connectivity index (χ4n) is 2.01. The van der Waals surface area contributed by atoms with Gasteiger partial charge in [0, 0.05) is 13.0 Å². The molecule has 128 valence electrons. The molecular formula is C18H27NO4. The van der Waals surface area contributed by atoms with Crippen LogP contribution in [-0.4, -0.2) is 29.1 Å². The van der Waals surface area contributed by atoms with E-state index >= 15 is 0 Å². The summed E-state index contributed by atoms with van der Waals surface area (Å²) in [6.07, 6.45) is 4.40. The summed E-state index contributed by atoms with van der Waals surface area (Å²) in [6.45, 7) is 5.88. The zero-order valence-electron chi connectivity index (χ0n) is 14.2. The molecule has 5 heteroatoms. The van der Waals surface area contributed by atoms with Crippen LogP contribution in [-0.2, 0) is 16.0 Å². The number of amides is 1. The Balaban J connectivity index is 2.39. The number of aryl methyl sites for hydroxylation is 1. The molecule has 0 aliphatic heterocycles. The summed E-state index contributed by atoms with van der Waals surface area (Å²) in [4.78, 5) is 22.7. The summed E-state index contributed by atoms with van der Waals surface area (Å²) >= 11 is 0. The zero-order valence-corrected chi connectivity index (χ0v) is 14.2. The Hall–Kier alpha value is -2.04. The van der Waals surface area contributed by atoms with E-state index in [1.165, 1.54) is 13.8 Å². The quantitative estimate of drug-likeness (QED) is 0.649. The fourth-order valence-corrected chi connectivity index (χ4v) is 2.01. The first-order valence-electron chi connectivity index (χ1n) is 8.13. The molecule has 0 bridgehead atoms. The van der Waals surface area contributed by atoms with E-state index in [0.717, 1.165) is 31.4 Å². The van der Waals surface area contributed by atoms with Crippen LogP contribution >= 0.6 is 0 Å². The molecule has 2 N–H and O–H groups in total. The molecule has 1 amide bonds. The van der Waals surface area contributed by atoms with Crippen LogP contribution in [0.3, 0.4) is 0 Å². The van der Waals surface area contributed by atoms with Crippen molar-refractivity contribution in [3.8, 4) is 5.75 Å². The maximum atomic E-state index is 11.7. The summed E-state index contributed by atoms with van der Waals surface area (Å²) in [6, 6.07) is 7.19. The van der Waals surface area contributed by atoms with E-state index in [-0.39, 0.29) is 5.91 Å². The van der Waals surface area contributed by atoms with Crippen molar-refractivity contribution in [2.45, 2.75) is 58.5 Å². The van der Waals surface area contributed by atoms with Crippen molar-refractivity contribution in [3.05, 3.63) is 29.8 Å². The van der Waals surface area contributed by atoms with Crippen molar-refractivity contribution in [3.63, 3.8) is 0 Å². The van der Waals surface area contributed by atoms with Crippen molar-refractivity contribution >= 4 is 11.9 Å². The summed E-state index contributed by atoms with van der Waals surface area (Å²) in [5.74, 6) is -0.445. The van der Waals surface area contributed by atoms with Crippen molar-refractivity contribution in [1.29, 1.82) is 0 Å². The third kappa shape index (κ3) is 7.17. The molecule has 0 aliphatic carbocycles. The number of rotatable bonds is 10. The number of benzene rings is 1. The van der Waals surface area contributed by atoms with Crippen LogP contribution in [0.15, 0.2) is 24.3 Å². The number of nitrogens with one attached hydrogen (secondary N) is 1. The molecule has 0 aliphatic rings. The largest absolute Gasteiger partial charge is 0.478 e. The second-order valence-corrected chi connectivity index (χ2v) is 6.12. The van der Waals surface area contributed by atoms with Crippen LogP contribution in [0.1, 0.15) is 52.0 Å². The fraction of sp³-hybridized carbons (Fsp3) is 0.556. The van der Waals surface area contributed by atoms with Gasteiger partial charge in [-0.1, -0.05) is 31.9 Å². The SMILES string of the molecule is CCCCCNC(=O)CCc1ccc(OC(C)(C)C(=O)O)cc1. The van der Waals surface area contributed by atoms with Crippen LogP contribution in [0.25, 0.3) is 0 Å². The Bertz CT molecular complexity index is 508. The van der Waals surface area contributed by atoms with E-state index in [1.54, 1.807) is 12.1 Å². The Morgan fingerprint density at radius 1 is 1.17 bits per heavy atom. The smallest absolute Gasteiger partial charge is 0.347 e. The summed E-state index contributed by atoms with van der Waals surface area (Å²) in [7, 11) is 0. The molecule has 1 aromatic carbocycles. The van der Waals surface area contributed by atoms with E-state index < -0.39 is 11.6 Å². The van der Waals surface area contributed by atoms with Gasteiger partial charge in [-0.2, -0.15) is 0 Å². The maximum absolute atomic E-state index is 11.7. The second kappa shape index (κ2) is 9.18. The van der Waals surface area contributed by atoms with E-state index in [1.807, 2.05) is 12.1 Å². The number of carbonyl (C=O) groups excluding carboxylic acids is 1. The highest BCUT2D eigenvalue weighted by molar-refractivity contribution is 5.77. The summed E-state index contributed by atoms with van der Waals surface area (Å²) < 4.78 is 5.44. The number of hydrogen-bond acceptors (Lipinski definition) is 3. The first kappa shape index (κ1) is 19.0. The molecule has 1 rings (SSSR count). The van der Waals surface area contributed by atoms with Crippen molar-refractivity contribution < 1.29 is 19.4 Å². The first-order chi connectivity index (χ1) is 10.8. The monoisotopic (exact) mass is 321 g/mol. The van der Waals surface area contributed by atoms with Crippen molar-refractivity contribution in [1.82, 2.24) is 5.32 Å². The van der Waals surface area contributed by atoms with E-state index in [4.69, 9.17) is 9.84 Å². The van der Waals surface area contributed by atoms with Gasteiger partial charge >= 0.3 is 5.97 Å². The number of unbranched alkanes of at least 4 members (excludes halogenated alkanes) is 2. The Kier molecular flexibility index (Phi) is 7.59. The van der Waals surface area contributed by atoms with Gasteiger partial charge in [-0.05, 0) is 44.4 Å². The highest BCUT2D eigenvalue weighted by Crippen LogP contribution is 2.19. The third-order valence-electron chi connectivity index (χ3n) is 3.55. The Labute approximate surface area is 138 Å². The van der Waals surface area contributed by atoms with Gasteiger partial charge < -0.3 is 15.2 Å². The van der Waals surface area contributed by atoms with Gasteiger partial charge in [0.2, 0.25) is 5.91 Å². The van der Waals surface area contributed by atoms with Crippen molar-refractivity contribution in [2.75, 3.05) is 6.54 Å². The third-order valence-corrected chi connectivity index (χ3v) is 3.55. The maximum Gasteiger partial charge on any atom is 0.347 e. The first-order valence-corrected chi connectivity index (χ1v) is 8.13. The van der Waals surface area contributed by atoms with Gasteiger partial charge in [0.1, 0.15) is 5.75 Å². The van der Waals surface area contributed by atoms with Gasteiger partial charge in [0.25, 0.3) is 0 Å². The van der Waals surface area contributed by atoms with Crippen LogP contribution in [0, 0.1) is 0 Å². The predicted octanol–water partition coefficient (Wildman–Crippen LogP) is 3.17. The molecule has 23 heavy (non-hydrogen) atoms. The molecule has 0 fully saturated rings. The van der Waals surface area contributed by atoms with E-state index in [0.29, 0.717) is 18.6 Å². The number of carboxylic acids is 1.